The van der Waals surface area contributed by atoms with Gasteiger partial charge in [-0.3, -0.25) is 19.2 Å². The van der Waals surface area contributed by atoms with Crippen molar-refractivity contribution in [3.05, 3.63) is 102 Å². The molecule has 258 valence electrons. The number of rotatable bonds is 12. The Bertz CT molecular complexity index is 1630. The van der Waals surface area contributed by atoms with Crippen molar-refractivity contribution in [3.63, 3.8) is 0 Å². The van der Waals surface area contributed by atoms with E-state index >= 15 is 0 Å². The first-order valence-corrected chi connectivity index (χ1v) is 16.7. The second kappa shape index (κ2) is 15.8. The fourth-order valence-corrected chi connectivity index (χ4v) is 6.56. The highest BCUT2D eigenvalue weighted by Gasteiger charge is 2.53. The number of ether oxygens (including phenoxy) is 1. The van der Waals surface area contributed by atoms with E-state index in [0.29, 0.717) is 18.4 Å². The van der Waals surface area contributed by atoms with E-state index in [4.69, 9.17) is 4.74 Å². The minimum Gasteiger partial charge on any atom is -0.445 e. The molecule has 2 N–H and O–H groups in total. The zero-order valence-electron chi connectivity index (χ0n) is 28.5. The number of amides is 4. The van der Waals surface area contributed by atoms with Gasteiger partial charge in [0.15, 0.2) is 5.78 Å². The molecule has 11 nitrogen and oxygen atoms in total. The number of carbonyl (C=O) groups is 5. The van der Waals surface area contributed by atoms with Gasteiger partial charge in [-0.05, 0) is 54.2 Å². The Morgan fingerprint density at radius 1 is 0.816 bits per heavy atom. The summed E-state index contributed by atoms with van der Waals surface area (Å²) in [5.74, 6) is -1.28. The number of Topliss-reactive ketones (excluding diaryl/α,β-unsaturated/α-hetero) is 1. The van der Waals surface area contributed by atoms with Crippen molar-refractivity contribution in [2.45, 2.75) is 63.9 Å². The lowest BCUT2D eigenvalue weighted by molar-refractivity contribution is -0.138. The molecule has 0 aromatic heterocycles. The standard InChI is InChI=1S/C38H45N5O6/c1-25(2)21-30(39-35(45)28-15-17-29(18-16-28)41(3)4)36(46)42-20-19-32-34(42)33(44)23-43(32)37(47)31(22-26-11-7-5-8-12-26)40-38(48)49-24-27-13-9-6-10-14-27/h5-18,25,30-32,34H,19-24H2,1-4H3,(H,39,45)(H,40,48)/t30-,31-,32+,34?/m0/s1. The van der Waals surface area contributed by atoms with Crippen molar-refractivity contribution in [2.24, 2.45) is 5.92 Å². The minimum absolute atomic E-state index is 0.0400. The molecule has 3 aromatic rings. The van der Waals surface area contributed by atoms with Crippen LogP contribution in [0.1, 0.15) is 48.2 Å². The predicted molar refractivity (Wildman–Crippen MR) is 186 cm³/mol. The van der Waals surface area contributed by atoms with Crippen molar-refractivity contribution >= 4 is 35.3 Å². The molecular weight excluding hydrogens is 622 g/mol. The molecule has 2 fully saturated rings. The van der Waals surface area contributed by atoms with Crippen LogP contribution >= 0.6 is 0 Å². The third-order valence-electron chi connectivity index (χ3n) is 9.03. The number of nitrogens with one attached hydrogen (secondary N) is 2. The summed E-state index contributed by atoms with van der Waals surface area (Å²) >= 11 is 0. The van der Waals surface area contributed by atoms with E-state index in [1.165, 1.54) is 9.80 Å². The fourth-order valence-electron chi connectivity index (χ4n) is 6.56. The van der Waals surface area contributed by atoms with Crippen LogP contribution in [0.3, 0.4) is 0 Å². The normalized spacial score (nSPS) is 18.1. The summed E-state index contributed by atoms with van der Waals surface area (Å²) in [7, 11) is 3.83. The quantitative estimate of drug-likeness (QED) is 0.301. The van der Waals surface area contributed by atoms with Crippen LogP contribution in [0.15, 0.2) is 84.9 Å². The highest BCUT2D eigenvalue weighted by atomic mass is 16.5. The largest absolute Gasteiger partial charge is 0.445 e. The summed E-state index contributed by atoms with van der Waals surface area (Å²) in [6.45, 7) is 4.07. The summed E-state index contributed by atoms with van der Waals surface area (Å²) in [5, 5.41) is 5.65. The number of nitrogens with zero attached hydrogens (tertiary/aromatic N) is 3. The number of fused-ring (bicyclic) bond motifs is 1. The molecule has 3 aromatic carbocycles. The van der Waals surface area contributed by atoms with Gasteiger partial charge >= 0.3 is 6.09 Å². The van der Waals surface area contributed by atoms with Crippen LogP contribution in [0.2, 0.25) is 0 Å². The number of ketones is 1. The smallest absolute Gasteiger partial charge is 0.408 e. The molecule has 49 heavy (non-hydrogen) atoms. The number of carbonyl (C=O) groups excluding carboxylic acids is 5. The molecule has 5 rings (SSSR count). The van der Waals surface area contributed by atoms with Crippen LogP contribution in [0.4, 0.5) is 10.5 Å². The molecule has 4 atom stereocenters. The van der Waals surface area contributed by atoms with E-state index in [9.17, 15) is 24.0 Å². The summed E-state index contributed by atoms with van der Waals surface area (Å²) in [6.07, 6.45) is 0.243. The Kier molecular flexibility index (Phi) is 11.3. The van der Waals surface area contributed by atoms with E-state index < -0.39 is 36.2 Å². The van der Waals surface area contributed by atoms with Gasteiger partial charge in [-0.25, -0.2) is 4.79 Å². The number of benzene rings is 3. The van der Waals surface area contributed by atoms with Crippen molar-refractivity contribution < 1.29 is 28.7 Å². The van der Waals surface area contributed by atoms with Crippen LogP contribution in [0.25, 0.3) is 0 Å². The maximum Gasteiger partial charge on any atom is 0.408 e. The number of anilines is 1. The van der Waals surface area contributed by atoms with Gasteiger partial charge in [0.1, 0.15) is 24.7 Å². The van der Waals surface area contributed by atoms with Crippen LogP contribution in [-0.4, -0.2) is 90.8 Å². The van der Waals surface area contributed by atoms with E-state index in [0.717, 1.165) is 16.8 Å². The number of hydrogen-bond donors (Lipinski definition) is 2. The molecule has 0 bridgehead atoms. The molecule has 4 amide bonds. The lowest BCUT2D eigenvalue weighted by Crippen LogP contribution is -2.54. The first-order valence-electron chi connectivity index (χ1n) is 16.7. The molecule has 0 spiro atoms. The Morgan fingerprint density at radius 2 is 1.43 bits per heavy atom. The monoisotopic (exact) mass is 667 g/mol. The van der Waals surface area contributed by atoms with Gasteiger partial charge < -0.3 is 30.1 Å². The second-order valence-electron chi connectivity index (χ2n) is 13.3. The van der Waals surface area contributed by atoms with E-state index in [1.807, 2.05) is 106 Å². The molecule has 2 aliphatic heterocycles. The van der Waals surface area contributed by atoms with Gasteiger partial charge in [-0.1, -0.05) is 74.5 Å². The molecule has 1 unspecified atom stereocenters. The summed E-state index contributed by atoms with van der Waals surface area (Å²) < 4.78 is 5.43. The predicted octanol–water partition coefficient (Wildman–Crippen LogP) is 3.82. The zero-order chi connectivity index (χ0) is 35.1. The van der Waals surface area contributed by atoms with E-state index in [1.54, 1.807) is 12.1 Å². The van der Waals surface area contributed by atoms with Crippen molar-refractivity contribution in [1.82, 2.24) is 20.4 Å². The number of alkyl carbamates (subject to hydrolysis) is 1. The topological polar surface area (TPSA) is 128 Å². The molecule has 0 aliphatic carbocycles. The van der Waals surface area contributed by atoms with Crippen molar-refractivity contribution in [3.8, 4) is 0 Å². The first kappa shape index (κ1) is 35.1. The Balaban J connectivity index is 1.29. The highest BCUT2D eigenvalue weighted by molar-refractivity contribution is 6.01. The van der Waals surface area contributed by atoms with E-state index in [2.05, 4.69) is 10.6 Å². The van der Waals surface area contributed by atoms with Crippen molar-refractivity contribution in [2.75, 3.05) is 32.1 Å². The Hall–Kier alpha value is -5.19. The Morgan fingerprint density at radius 3 is 2.04 bits per heavy atom. The van der Waals surface area contributed by atoms with Gasteiger partial charge in [0.05, 0.1) is 12.6 Å². The number of likely N-dealkylation sites (tertiary alicyclic amines) is 2. The second-order valence-corrected chi connectivity index (χ2v) is 13.3. The molecule has 2 saturated heterocycles. The average Bonchev–Trinajstić information content (AvgIpc) is 3.68. The van der Waals surface area contributed by atoms with Crippen LogP contribution < -0.4 is 15.5 Å². The van der Waals surface area contributed by atoms with Crippen LogP contribution in [-0.2, 0) is 32.1 Å². The lowest BCUT2D eigenvalue weighted by atomic mass is 10.0. The van der Waals surface area contributed by atoms with Gasteiger partial charge in [0.25, 0.3) is 5.91 Å². The van der Waals surface area contributed by atoms with Gasteiger partial charge in [0.2, 0.25) is 11.8 Å². The third kappa shape index (κ3) is 8.65. The fraction of sp³-hybridized carbons (Fsp3) is 0.395. The average molecular weight is 668 g/mol. The summed E-state index contributed by atoms with van der Waals surface area (Å²) in [5.41, 5.74) is 3.01. The van der Waals surface area contributed by atoms with Crippen LogP contribution in [0, 0.1) is 5.92 Å². The maximum atomic E-state index is 14.1. The highest BCUT2D eigenvalue weighted by Crippen LogP contribution is 2.31. The molecule has 0 radical (unpaired) electrons. The van der Waals surface area contributed by atoms with Gasteiger partial charge in [-0.15, -0.1) is 0 Å². The maximum absolute atomic E-state index is 14.1. The first-order chi connectivity index (χ1) is 23.5. The van der Waals surface area contributed by atoms with Gasteiger partial charge in [0, 0.05) is 38.3 Å². The molecule has 11 heteroatoms. The van der Waals surface area contributed by atoms with Crippen LogP contribution in [0.5, 0.6) is 0 Å². The molecule has 2 heterocycles. The summed E-state index contributed by atoms with van der Waals surface area (Å²) in [6, 6.07) is 22.4. The number of hydrogen-bond acceptors (Lipinski definition) is 7. The third-order valence-corrected chi connectivity index (χ3v) is 9.03. The Labute approximate surface area is 287 Å². The van der Waals surface area contributed by atoms with Gasteiger partial charge in [-0.2, -0.15) is 0 Å². The van der Waals surface area contributed by atoms with Crippen molar-refractivity contribution in [1.29, 1.82) is 0 Å². The molecular formula is C38H45N5O6. The molecule has 2 aliphatic rings. The minimum atomic E-state index is -0.992. The lowest BCUT2D eigenvalue weighted by Gasteiger charge is -2.30. The summed E-state index contributed by atoms with van der Waals surface area (Å²) in [4.78, 5) is 72.8. The molecule has 0 saturated carbocycles. The van der Waals surface area contributed by atoms with E-state index in [-0.39, 0.29) is 49.6 Å². The zero-order valence-corrected chi connectivity index (χ0v) is 28.5. The SMILES string of the molecule is CC(C)C[C@H](NC(=O)c1ccc(N(C)C)cc1)C(=O)N1CC[C@@H]2C1C(=O)CN2C(=O)[C@H](Cc1ccccc1)NC(=O)OCc1ccccc1.